The molecule has 0 aliphatic heterocycles. The van der Waals surface area contributed by atoms with Gasteiger partial charge in [0.1, 0.15) is 6.17 Å². The Bertz CT molecular complexity index is 540. The number of hydrogen-bond donors (Lipinski definition) is 1. The number of halogens is 1. The molecule has 4 rings (SSSR count). The highest BCUT2D eigenvalue weighted by atomic mass is 19.1. The fourth-order valence-corrected chi connectivity index (χ4v) is 7.59. The van der Waals surface area contributed by atoms with Crippen molar-refractivity contribution in [2.24, 2.45) is 35.0 Å². The fourth-order valence-electron chi connectivity index (χ4n) is 7.59. The van der Waals surface area contributed by atoms with Gasteiger partial charge in [-0.25, -0.2) is 4.39 Å². The van der Waals surface area contributed by atoms with Crippen molar-refractivity contribution in [3.8, 4) is 0 Å². The first kappa shape index (κ1) is 18.0. The summed E-state index contributed by atoms with van der Waals surface area (Å²) in [6.07, 6.45) is 10.0. The van der Waals surface area contributed by atoms with Crippen LogP contribution in [-0.2, 0) is 4.74 Å². The molecule has 0 aromatic rings. The summed E-state index contributed by atoms with van der Waals surface area (Å²) in [5.41, 5.74) is 1.47. The molecule has 3 heteroatoms. The van der Waals surface area contributed by atoms with E-state index in [2.05, 4.69) is 19.9 Å². The number of rotatable bonds is 2. The quantitative estimate of drug-likeness (QED) is 0.717. The molecular weight excluding hydrogens is 315 g/mol. The third kappa shape index (κ3) is 2.56. The van der Waals surface area contributed by atoms with E-state index >= 15 is 4.39 Å². The Morgan fingerprint density at radius 2 is 1.88 bits per heavy atom. The van der Waals surface area contributed by atoms with Crippen molar-refractivity contribution in [1.82, 2.24) is 0 Å². The third-order valence-corrected chi connectivity index (χ3v) is 9.01. The molecular formula is C22H35FO2. The molecule has 0 amide bonds. The van der Waals surface area contributed by atoms with Gasteiger partial charge in [0.2, 0.25) is 0 Å². The van der Waals surface area contributed by atoms with E-state index in [1.54, 1.807) is 12.7 Å². The van der Waals surface area contributed by atoms with Gasteiger partial charge in [-0.2, -0.15) is 0 Å². The number of aliphatic hydroxyl groups excluding tert-OH is 1. The van der Waals surface area contributed by atoms with Crippen LogP contribution in [0.2, 0.25) is 0 Å². The highest BCUT2D eigenvalue weighted by Gasteiger charge is 2.58. The van der Waals surface area contributed by atoms with Crippen molar-refractivity contribution in [2.45, 2.75) is 77.0 Å². The minimum absolute atomic E-state index is 0.0267. The van der Waals surface area contributed by atoms with Crippen LogP contribution in [-0.4, -0.2) is 30.6 Å². The number of hydrogen-bond acceptors (Lipinski definition) is 2. The lowest BCUT2D eigenvalue weighted by Gasteiger charge is -2.57. The Hall–Kier alpha value is -0.410. The van der Waals surface area contributed by atoms with Gasteiger partial charge >= 0.3 is 0 Å². The maximum atomic E-state index is 15.3. The summed E-state index contributed by atoms with van der Waals surface area (Å²) >= 11 is 0. The zero-order chi connectivity index (χ0) is 17.8. The highest BCUT2D eigenvalue weighted by molar-refractivity contribution is 5.23. The predicted octanol–water partition coefficient (Wildman–Crippen LogP) is 4.91. The maximum absolute atomic E-state index is 15.3. The van der Waals surface area contributed by atoms with E-state index in [1.807, 2.05) is 0 Å². The average molecular weight is 351 g/mol. The fraction of sp³-hybridized carbons (Fsp3) is 0.909. The smallest absolute Gasteiger partial charge is 0.104 e. The molecule has 142 valence electrons. The van der Waals surface area contributed by atoms with Crippen molar-refractivity contribution in [2.75, 3.05) is 13.7 Å². The molecule has 0 saturated heterocycles. The number of aliphatic hydroxyl groups is 1. The normalized spacial score (nSPS) is 54.0. The van der Waals surface area contributed by atoms with Gasteiger partial charge in [0.15, 0.2) is 0 Å². The van der Waals surface area contributed by atoms with Gasteiger partial charge in [0.05, 0.1) is 12.2 Å². The highest BCUT2D eigenvalue weighted by Crippen LogP contribution is 2.64. The van der Waals surface area contributed by atoms with E-state index in [-0.39, 0.29) is 12.5 Å². The van der Waals surface area contributed by atoms with E-state index in [4.69, 9.17) is 4.74 Å². The Balaban J connectivity index is 1.59. The number of alkyl halides is 1. The summed E-state index contributed by atoms with van der Waals surface area (Å²) in [6, 6.07) is 0. The van der Waals surface area contributed by atoms with Gasteiger partial charge in [-0.15, -0.1) is 0 Å². The second kappa shape index (κ2) is 6.34. The molecule has 25 heavy (non-hydrogen) atoms. The second-order valence-electron chi connectivity index (χ2n) is 9.61. The second-order valence-corrected chi connectivity index (χ2v) is 9.61. The Morgan fingerprint density at radius 3 is 2.56 bits per heavy atom. The molecule has 1 unspecified atom stereocenters. The largest absolute Gasteiger partial charge is 0.393 e. The number of fused-ring (bicyclic) bond motifs is 5. The zero-order valence-corrected chi connectivity index (χ0v) is 16.1. The standard InChI is InChI=1S/C22H35FO2/c1-4-14-5-6-19-17-11-20(23)18-12-22(13-24,25-3)10-8-16(18)15(17)7-9-21(14,19)2/h4,15-20,24H,5-13H2,1-3H3/t15-,16-,17-,18+,19+,20-,21-,22?/m1/s1. The minimum atomic E-state index is -0.718. The van der Waals surface area contributed by atoms with Gasteiger partial charge in [0, 0.05) is 7.11 Å². The lowest BCUT2D eigenvalue weighted by molar-refractivity contribution is -0.149. The first-order valence-electron chi connectivity index (χ1n) is 10.4. The Labute approximate surface area is 152 Å². The molecule has 0 heterocycles. The van der Waals surface area contributed by atoms with E-state index < -0.39 is 11.8 Å². The van der Waals surface area contributed by atoms with E-state index in [1.165, 1.54) is 25.7 Å². The van der Waals surface area contributed by atoms with Crippen molar-refractivity contribution in [3.05, 3.63) is 11.6 Å². The van der Waals surface area contributed by atoms with Crippen LogP contribution in [0.15, 0.2) is 11.6 Å². The molecule has 1 N–H and O–H groups in total. The molecule has 0 radical (unpaired) electrons. The van der Waals surface area contributed by atoms with Gasteiger partial charge in [-0.1, -0.05) is 18.6 Å². The van der Waals surface area contributed by atoms with E-state index in [9.17, 15) is 5.11 Å². The first-order chi connectivity index (χ1) is 12.0. The maximum Gasteiger partial charge on any atom is 0.104 e. The summed E-state index contributed by atoms with van der Waals surface area (Å²) in [7, 11) is 1.68. The first-order valence-corrected chi connectivity index (χ1v) is 10.4. The average Bonchev–Trinajstić information content (AvgIpc) is 2.98. The van der Waals surface area contributed by atoms with E-state index in [0.29, 0.717) is 35.5 Å². The SMILES string of the molecule is CC=C1CC[C@H]2[C@@H]3C[C@@H](F)[C@H]4CC(CO)(OC)CC[C@@H]4[C@H]3CC[C@]12C. The van der Waals surface area contributed by atoms with Crippen molar-refractivity contribution < 1.29 is 14.2 Å². The molecule has 4 fully saturated rings. The summed E-state index contributed by atoms with van der Waals surface area (Å²) in [5.74, 6) is 2.54. The summed E-state index contributed by atoms with van der Waals surface area (Å²) in [5, 5.41) is 9.81. The third-order valence-electron chi connectivity index (χ3n) is 9.01. The molecule has 0 bridgehead atoms. The van der Waals surface area contributed by atoms with Crippen LogP contribution < -0.4 is 0 Å². The van der Waals surface area contributed by atoms with Gasteiger partial charge in [-0.05, 0) is 93.3 Å². The van der Waals surface area contributed by atoms with Crippen LogP contribution in [0.1, 0.15) is 65.2 Å². The van der Waals surface area contributed by atoms with Gasteiger partial charge in [0.25, 0.3) is 0 Å². The summed E-state index contributed by atoms with van der Waals surface area (Å²) in [6.45, 7) is 4.67. The van der Waals surface area contributed by atoms with Crippen LogP contribution >= 0.6 is 0 Å². The summed E-state index contributed by atoms with van der Waals surface area (Å²) in [4.78, 5) is 0. The number of methoxy groups -OCH3 is 1. The minimum Gasteiger partial charge on any atom is -0.393 e. The van der Waals surface area contributed by atoms with Gasteiger partial charge in [-0.3, -0.25) is 0 Å². The predicted molar refractivity (Wildman–Crippen MR) is 98.0 cm³/mol. The number of allylic oxidation sites excluding steroid dienone is 2. The lowest BCUT2D eigenvalue weighted by atomic mass is 9.49. The topological polar surface area (TPSA) is 29.5 Å². The molecule has 4 saturated carbocycles. The zero-order valence-electron chi connectivity index (χ0n) is 16.1. The molecule has 0 spiro atoms. The molecule has 4 aliphatic carbocycles. The summed E-state index contributed by atoms with van der Waals surface area (Å²) < 4.78 is 21.0. The van der Waals surface area contributed by atoms with Gasteiger partial charge < -0.3 is 9.84 Å². The van der Waals surface area contributed by atoms with Crippen LogP contribution in [0.3, 0.4) is 0 Å². The van der Waals surface area contributed by atoms with Crippen molar-refractivity contribution in [1.29, 1.82) is 0 Å². The van der Waals surface area contributed by atoms with Crippen LogP contribution in [0.25, 0.3) is 0 Å². The molecule has 0 aromatic carbocycles. The molecule has 4 aliphatic rings. The van der Waals surface area contributed by atoms with Crippen LogP contribution in [0, 0.1) is 35.0 Å². The van der Waals surface area contributed by atoms with Crippen LogP contribution in [0.5, 0.6) is 0 Å². The monoisotopic (exact) mass is 350 g/mol. The molecule has 0 aromatic heterocycles. The number of ether oxygens (including phenoxy) is 1. The van der Waals surface area contributed by atoms with Crippen molar-refractivity contribution in [3.63, 3.8) is 0 Å². The van der Waals surface area contributed by atoms with Crippen molar-refractivity contribution >= 4 is 0 Å². The van der Waals surface area contributed by atoms with Crippen LogP contribution in [0.4, 0.5) is 4.39 Å². The van der Waals surface area contributed by atoms with E-state index in [0.717, 1.165) is 19.3 Å². The molecule has 2 nitrogen and oxygen atoms in total. The molecule has 8 atom stereocenters. The lowest BCUT2D eigenvalue weighted by Crippen LogP contribution is -2.55. The Kier molecular flexibility index (Phi) is 4.56. The Morgan fingerprint density at radius 1 is 1.16 bits per heavy atom.